The van der Waals surface area contributed by atoms with Crippen molar-refractivity contribution in [3.8, 4) is 11.4 Å². The number of hydrogen-bond acceptors (Lipinski definition) is 2. The lowest BCUT2D eigenvalue weighted by Crippen LogP contribution is -2.40. The maximum Gasteiger partial charge on any atom is 0.264 e. The van der Waals surface area contributed by atoms with E-state index in [9.17, 15) is 9.59 Å². The van der Waals surface area contributed by atoms with Crippen LogP contribution in [0.1, 0.15) is 37.9 Å². The van der Waals surface area contributed by atoms with Crippen LogP contribution in [0.4, 0.5) is 0 Å². The molecule has 0 unspecified atom stereocenters. The fourth-order valence-electron chi connectivity index (χ4n) is 3.97. The van der Waals surface area contributed by atoms with Crippen LogP contribution in [-0.2, 0) is 0 Å². The SMILES string of the molecule is Cc1n(-c2ccccc2)c2c([n+]1-c1ccccc1)C(=O)c1ccccc1C2=O. The average molecular weight is 365 g/mol. The molecule has 0 aliphatic heterocycles. The minimum Gasteiger partial charge on any atom is -0.284 e. The Balaban J connectivity index is 1.91. The molecule has 0 spiro atoms. The molecule has 0 N–H and O–H groups in total. The Morgan fingerprint density at radius 3 is 1.86 bits per heavy atom. The van der Waals surface area contributed by atoms with E-state index in [0.29, 0.717) is 22.5 Å². The number of fused-ring (bicyclic) bond motifs is 2. The third-order valence-electron chi connectivity index (χ3n) is 5.19. The first-order valence-corrected chi connectivity index (χ1v) is 9.15. The number of para-hydroxylation sites is 2. The van der Waals surface area contributed by atoms with Crippen LogP contribution >= 0.6 is 0 Å². The van der Waals surface area contributed by atoms with Gasteiger partial charge in [0.2, 0.25) is 23.0 Å². The Bertz CT molecular complexity index is 1140. The number of hydrogen-bond donors (Lipinski definition) is 0. The van der Waals surface area contributed by atoms with Gasteiger partial charge in [-0.05, 0) is 24.3 Å². The lowest BCUT2D eigenvalue weighted by atomic mass is 9.89. The summed E-state index contributed by atoms with van der Waals surface area (Å²) >= 11 is 0. The summed E-state index contributed by atoms with van der Waals surface area (Å²) in [5, 5.41) is 0. The predicted molar refractivity (Wildman–Crippen MR) is 105 cm³/mol. The number of nitrogens with zero attached hydrogens (tertiary/aromatic N) is 2. The second kappa shape index (κ2) is 6.13. The van der Waals surface area contributed by atoms with Gasteiger partial charge in [0.1, 0.15) is 11.4 Å². The van der Waals surface area contributed by atoms with Crippen LogP contribution in [0.2, 0.25) is 0 Å². The maximum atomic E-state index is 13.5. The zero-order valence-corrected chi connectivity index (χ0v) is 15.3. The molecule has 0 saturated heterocycles. The topological polar surface area (TPSA) is 43.0 Å². The molecule has 4 aromatic rings. The highest BCUT2D eigenvalue weighted by Gasteiger charge is 2.44. The molecule has 0 radical (unpaired) electrons. The summed E-state index contributed by atoms with van der Waals surface area (Å²) in [5.74, 6) is 0.538. The highest BCUT2D eigenvalue weighted by atomic mass is 16.1. The molecule has 0 bridgehead atoms. The van der Waals surface area contributed by atoms with Gasteiger partial charge < -0.3 is 0 Å². The van der Waals surface area contributed by atoms with Crippen LogP contribution in [0, 0.1) is 6.92 Å². The molecule has 1 heterocycles. The van der Waals surface area contributed by atoms with E-state index in [1.165, 1.54) is 0 Å². The minimum atomic E-state index is -0.133. The number of rotatable bonds is 2. The van der Waals surface area contributed by atoms with Crippen LogP contribution < -0.4 is 4.57 Å². The minimum absolute atomic E-state index is 0.133. The fraction of sp³-hybridized carbons (Fsp3) is 0.0417. The van der Waals surface area contributed by atoms with Gasteiger partial charge in [-0.2, -0.15) is 9.13 Å². The number of carbonyl (C=O) groups excluding carboxylic acids is 2. The number of ketones is 2. The molecule has 1 aromatic heterocycles. The lowest BCUT2D eigenvalue weighted by Gasteiger charge is -2.12. The smallest absolute Gasteiger partial charge is 0.264 e. The van der Waals surface area contributed by atoms with E-state index >= 15 is 0 Å². The number of carbonyl (C=O) groups is 2. The molecule has 1 aliphatic rings. The average Bonchev–Trinajstić information content (AvgIpc) is 3.06. The normalized spacial score (nSPS) is 12.6. The molecule has 4 heteroatoms. The summed E-state index contributed by atoms with van der Waals surface area (Å²) in [5.41, 5.74) is 3.44. The van der Waals surface area contributed by atoms with E-state index in [-0.39, 0.29) is 11.6 Å². The molecule has 3 aromatic carbocycles. The Morgan fingerprint density at radius 1 is 0.679 bits per heavy atom. The standard InChI is InChI=1S/C24H17N2O2/c1-16-25(17-10-4-2-5-11-17)21-22(26(16)18-12-6-3-7-13-18)24(28)20-15-9-8-14-19(20)23(21)27/h2-15H,1H3/q+1. The van der Waals surface area contributed by atoms with Crippen molar-refractivity contribution in [2.45, 2.75) is 6.92 Å². The quantitative estimate of drug-likeness (QED) is 0.446. The van der Waals surface area contributed by atoms with E-state index in [2.05, 4.69) is 0 Å². The largest absolute Gasteiger partial charge is 0.284 e. The molecular weight excluding hydrogens is 348 g/mol. The first-order valence-electron chi connectivity index (χ1n) is 9.15. The molecule has 28 heavy (non-hydrogen) atoms. The second-order valence-electron chi connectivity index (χ2n) is 6.79. The molecule has 5 rings (SSSR count). The molecule has 134 valence electrons. The zero-order chi connectivity index (χ0) is 19.3. The van der Waals surface area contributed by atoms with Crippen LogP contribution in [-0.4, -0.2) is 16.1 Å². The maximum absolute atomic E-state index is 13.5. The molecule has 0 fully saturated rings. The number of imidazole rings is 1. The molecule has 0 atom stereocenters. The fourth-order valence-corrected chi connectivity index (χ4v) is 3.97. The third kappa shape index (κ3) is 2.21. The van der Waals surface area contributed by atoms with Gasteiger partial charge in [-0.3, -0.25) is 9.59 Å². The van der Waals surface area contributed by atoms with E-state index in [0.717, 1.165) is 17.2 Å². The van der Waals surface area contributed by atoms with E-state index in [4.69, 9.17) is 0 Å². The van der Waals surface area contributed by atoms with E-state index in [1.54, 1.807) is 24.3 Å². The summed E-state index contributed by atoms with van der Waals surface area (Å²) in [6, 6.07) is 26.4. The predicted octanol–water partition coefficient (Wildman–Crippen LogP) is 3.84. The summed E-state index contributed by atoms with van der Waals surface area (Å²) in [4.78, 5) is 26.9. The van der Waals surface area contributed by atoms with E-state index < -0.39 is 0 Å². The summed E-state index contributed by atoms with van der Waals surface area (Å²) in [7, 11) is 0. The van der Waals surface area contributed by atoms with Gasteiger partial charge in [0, 0.05) is 18.1 Å². The van der Waals surface area contributed by atoms with Crippen molar-refractivity contribution in [2.24, 2.45) is 0 Å². The zero-order valence-electron chi connectivity index (χ0n) is 15.3. The van der Waals surface area contributed by atoms with Crippen molar-refractivity contribution in [3.63, 3.8) is 0 Å². The van der Waals surface area contributed by atoms with Crippen molar-refractivity contribution in [3.05, 3.63) is 113 Å². The first kappa shape index (κ1) is 16.4. The van der Waals surface area contributed by atoms with Gasteiger partial charge >= 0.3 is 0 Å². The summed E-state index contributed by atoms with van der Waals surface area (Å²) in [6.07, 6.45) is 0. The molecule has 0 amide bonds. The molecule has 4 nitrogen and oxygen atoms in total. The Labute approximate surface area is 162 Å². The van der Waals surface area contributed by atoms with Gasteiger partial charge in [-0.15, -0.1) is 0 Å². The van der Waals surface area contributed by atoms with Crippen molar-refractivity contribution in [1.29, 1.82) is 0 Å². The van der Waals surface area contributed by atoms with Crippen molar-refractivity contribution in [1.82, 2.24) is 4.57 Å². The molecular formula is C24H17N2O2+. The lowest BCUT2D eigenvalue weighted by molar-refractivity contribution is -0.604. The van der Waals surface area contributed by atoms with Gasteiger partial charge in [0.25, 0.3) is 5.82 Å². The molecule has 0 saturated carbocycles. The highest BCUT2D eigenvalue weighted by molar-refractivity contribution is 6.26. The Hall–Kier alpha value is -3.79. The van der Waals surface area contributed by atoms with Gasteiger partial charge in [-0.1, -0.05) is 60.7 Å². The summed E-state index contributed by atoms with van der Waals surface area (Å²) in [6.45, 7) is 1.93. The second-order valence-corrected chi connectivity index (χ2v) is 6.79. The van der Waals surface area contributed by atoms with Gasteiger partial charge in [-0.25, -0.2) is 0 Å². The Morgan fingerprint density at radius 2 is 1.21 bits per heavy atom. The monoisotopic (exact) mass is 365 g/mol. The van der Waals surface area contributed by atoms with Crippen molar-refractivity contribution in [2.75, 3.05) is 0 Å². The van der Waals surface area contributed by atoms with Gasteiger partial charge in [0.15, 0.2) is 0 Å². The van der Waals surface area contributed by atoms with Crippen molar-refractivity contribution >= 4 is 11.6 Å². The number of aromatic nitrogens is 2. The van der Waals surface area contributed by atoms with E-state index in [1.807, 2.05) is 76.7 Å². The highest BCUT2D eigenvalue weighted by Crippen LogP contribution is 2.29. The van der Waals surface area contributed by atoms with Crippen LogP contribution in [0.15, 0.2) is 84.9 Å². The van der Waals surface area contributed by atoms with Crippen LogP contribution in [0.5, 0.6) is 0 Å². The van der Waals surface area contributed by atoms with Crippen LogP contribution in [0.25, 0.3) is 11.4 Å². The Kier molecular flexibility index (Phi) is 3.59. The third-order valence-corrected chi connectivity index (χ3v) is 5.19. The molecule has 1 aliphatic carbocycles. The van der Waals surface area contributed by atoms with Crippen molar-refractivity contribution < 1.29 is 14.2 Å². The summed E-state index contributed by atoms with van der Waals surface area (Å²) < 4.78 is 3.77. The van der Waals surface area contributed by atoms with Crippen LogP contribution in [0.3, 0.4) is 0 Å². The first-order chi connectivity index (χ1) is 13.7. The number of benzene rings is 3. The van der Waals surface area contributed by atoms with Gasteiger partial charge in [0.05, 0.1) is 0 Å².